The van der Waals surface area contributed by atoms with E-state index in [9.17, 15) is 4.79 Å². The Balaban J connectivity index is 1.79. The summed E-state index contributed by atoms with van der Waals surface area (Å²) in [6.45, 7) is 3.35. The number of aryl methyl sites for hydroxylation is 1. The normalized spacial score (nSPS) is 14.3. The predicted molar refractivity (Wildman–Crippen MR) is 70.6 cm³/mol. The largest absolute Gasteiger partial charge is 0.331 e. The Hall–Kier alpha value is -2.17. The fraction of sp³-hybridized carbons (Fsp3) is 0.357. The van der Waals surface area contributed by atoms with Crippen LogP contribution in [0.15, 0.2) is 24.3 Å². The minimum atomic E-state index is -0.0922. The maximum Gasteiger partial charge on any atom is 0.293 e. The van der Waals surface area contributed by atoms with Crippen molar-refractivity contribution in [3.63, 3.8) is 0 Å². The molecule has 1 aliphatic heterocycles. The highest BCUT2D eigenvalue weighted by Crippen LogP contribution is 2.19. The van der Waals surface area contributed by atoms with E-state index < -0.39 is 0 Å². The van der Waals surface area contributed by atoms with Gasteiger partial charge >= 0.3 is 0 Å². The van der Waals surface area contributed by atoms with Crippen molar-refractivity contribution in [2.24, 2.45) is 0 Å². The predicted octanol–water partition coefficient (Wildman–Crippen LogP) is 1.57. The Labute approximate surface area is 111 Å². The molecular formula is C14H16N4O. The van der Waals surface area contributed by atoms with Gasteiger partial charge in [0.05, 0.1) is 0 Å². The van der Waals surface area contributed by atoms with Crippen LogP contribution in [0.3, 0.4) is 0 Å². The first-order valence-electron chi connectivity index (χ1n) is 6.55. The van der Waals surface area contributed by atoms with Gasteiger partial charge < -0.3 is 4.90 Å². The van der Waals surface area contributed by atoms with Crippen molar-refractivity contribution >= 4 is 5.91 Å². The van der Waals surface area contributed by atoms with Gasteiger partial charge in [0.15, 0.2) is 0 Å². The third-order valence-corrected chi connectivity index (χ3v) is 3.48. The molecule has 1 aromatic heterocycles. The molecule has 98 valence electrons. The fourth-order valence-corrected chi connectivity index (χ4v) is 2.36. The number of nitrogens with zero attached hydrogens (tertiary/aromatic N) is 3. The molecule has 1 aromatic carbocycles. The zero-order chi connectivity index (χ0) is 13.2. The number of aromatic nitrogens is 3. The molecule has 19 heavy (non-hydrogen) atoms. The molecule has 1 amide bonds. The molecule has 3 rings (SSSR count). The number of aromatic amines is 1. The van der Waals surface area contributed by atoms with E-state index in [4.69, 9.17) is 0 Å². The van der Waals surface area contributed by atoms with E-state index in [0.29, 0.717) is 6.54 Å². The number of hydrogen-bond donors (Lipinski definition) is 1. The first kappa shape index (κ1) is 11.9. The van der Waals surface area contributed by atoms with Crippen LogP contribution >= 0.6 is 0 Å². The quantitative estimate of drug-likeness (QED) is 0.887. The van der Waals surface area contributed by atoms with Gasteiger partial charge in [-0.3, -0.25) is 9.89 Å². The standard InChI is InChI=1S/C14H16N4O/c1-2-12-15-13(17-16-12)14(19)18-8-7-10-5-3-4-6-11(10)9-18/h3-6H,2,7-9H2,1H3,(H,15,16,17). The van der Waals surface area contributed by atoms with Gasteiger partial charge in [0.1, 0.15) is 5.82 Å². The van der Waals surface area contributed by atoms with Crippen LogP contribution in [0.25, 0.3) is 0 Å². The molecule has 1 aliphatic rings. The second-order valence-corrected chi connectivity index (χ2v) is 4.70. The number of carbonyl (C=O) groups excluding carboxylic acids is 1. The molecule has 0 unspecified atom stereocenters. The van der Waals surface area contributed by atoms with E-state index in [1.54, 1.807) is 0 Å². The fourth-order valence-electron chi connectivity index (χ4n) is 2.36. The maximum atomic E-state index is 12.3. The van der Waals surface area contributed by atoms with E-state index in [-0.39, 0.29) is 11.7 Å². The summed E-state index contributed by atoms with van der Waals surface area (Å²) in [6, 6.07) is 8.25. The van der Waals surface area contributed by atoms with Crippen LogP contribution in [0.1, 0.15) is 34.5 Å². The number of amides is 1. The Morgan fingerprint density at radius 1 is 1.37 bits per heavy atom. The van der Waals surface area contributed by atoms with E-state index in [1.807, 2.05) is 24.0 Å². The van der Waals surface area contributed by atoms with Crippen LogP contribution in [0.2, 0.25) is 0 Å². The Morgan fingerprint density at radius 2 is 2.16 bits per heavy atom. The van der Waals surface area contributed by atoms with Crippen molar-refractivity contribution in [1.29, 1.82) is 0 Å². The van der Waals surface area contributed by atoms with Crippen LogP contribution in [0.4, 0.5) is 0 Å². The molecule has 2 aromatic rings. The summed E-state index contributed by atoms with van der Waals surface area (Å²) >= 11 is 0. The highest BCUT2D eigenvalue weighted by Gasteiger charge is 2.24. The van der Waals surface area contributed by atoms with Crippen molar-refractivity contribution in [1.82, 2.24) is 20.1 Å². The zero-order valence-electron chi connectivity index (χ0n) is 10.9. The van der Waals surface area contributed by atoms with Gasteiger partial charge in [-0.2, -0.15) is 0 Å². The van der Waals surface area contributed by atoms with E-state index in [1.165, 1.54) is 11.1 Å². The van der Waals surface area contributed by atoms with Crippen LogP contribution in [0, 0.1) is 0 Å². The molecular weight excluding hydrogens is 240 g/mol. The molecule has 0 saturated carbocycles. The molecule has 5 nitrogen and oxygen atoms in total. The minimum absolute atomic E-state index is 0.0922. The first-order valence-corrected chi connectivity index (χ1v) is 6.55. The first-order chi connectivity index (χ1) is 9.28. The number of rotatable bonds is 2. The second-order valence-electron chi connectivity index (χ2n) is 4.70. The van der Waals surface area contributed by atoms with Gasteiger partial charge in [-0.1, -0.05) is 31.2 Å². The molecule has 2 heterocycles. The number of H-pyrrole nitrogens is 1. The molecule has 0 atom stereocenters. The molecule has 5 heteroatoms. The maximum absolute atomic E-state index is 12.3. The minimum Gasteiger partial charge on any atom is -0.331 e. The Bertz CT molecular complexity index is 605. The number of carbonyl (C=O) groups is 1. The highest BCUT2D eigenvalue weighted by atomic mass is 16.2. The van der Waals surface area contributed by atoms with Gasteiger partial charge in [-0.15, -0.1) is 5.10 Å². The smallest absolute Gasteiger partial charge is 0.293 e. The van der Waals surface area contributed by atoms with Gasteiger partial charge in [-0.05, 0) is 17.5 Å². The number of nitrogens with one attached hydrogen (secondary N) is 1. The Morgan fingerprint density at radius 3 is 2.89 bits per heavy atom. The lowest BCUT2D eigenvalue weighted by Gasteiger charge is -2.27. The molecule has 0 aliphatic carbocycles. The van der Waals surface area contributed by atoms with Crippen molar-refractivity contribution in [3.8, 4) is 0 Å². The van der Waals surface area contributed by atoms with Crippen molar-refractivity contribution in [2.45, 2.75) is 26.3 Å². The second kappa shape index (κ2) is 4.84. The van der Waals surface area contributed by atoms with E-state index in [2.05, 4.69) is 27.3 Å². The van der Waals surface area contributed by atoms with Crippen molar-refractivity contribution in [3.05, 3.63) is 47.0 Å². The summed E-state index contributed by atoms with van der Waals surface area (Å²) < 4.78 is 0. The number of fused-ring (bicyclic) bond motifs is 1. The lowest BCUT2D eigenvalue weighted by atomic mass is 10.00. The molecule has 0 radical (unpaired) electrons. The number of benzene rings is 1. The summed E-state index contributed by atoms with van der Waals surface area (Å²) in [5.41, 5.74) is 2.55. The lowest BCUT2D eigenvalue weighted by molar-refractivity contribution is 0.0722. The summed E-state index contributed by atoms with van der Waals surface area (Å²) in [5, 5.41) is 6.78. The highest BCUT2D eigenvalue weighted by molar-refractivity contribution is 5.90. The van der Waals surface area contributed by atoms with E-state index >= 15 is 0 Å². The van der Waals surface area contributed by atoms with Gasteiger partial charge in [0.2, 0.25) is 5.82 Å². The third kappa shape index (κ3) is 2.23. The van der Waals surface area contributed by atoms with Crippen LogP contribution < -0.4 is 0 Å². The SMILES string of the molecule is CCc1nc(C(=O)N2CCc3ccccc3C2)n[nH]1. The topological polar surface area (TPSA) is 61.9 Å². The lowest BCUT2D eigenvalue weighted by Crippen LogP contribution is -2.36. The summed E-state index contributed by atoms with van der Waals surface area (Å²) in [5.74, 6) is 0.933. The average Bonchev–Trinajstić information content (AvgIpc) is 2.95. The monoisotopic (exact) mass is 256 g/mol. The van der Waals surface area contributed by atoms with Crippen LogP contribution in [-0.4, -0.2) is 32.5 Å². The summed E-state index contributed by atoms with van der Waals surface area (Å²) in [4.78, 5) is 18.3. The van der Waals surface area contributed by atoms with Gasteiger partial charge in [0, 0.05) is 19.5 Å². The number of hydrogen-bond acceptors (Lipinski definition) is 3. The Kier molecular flexibility index (Phi) is 3.03. The van der Waals surface area contributed by atoms with Crippen molar-refractivity contribution < 1.29 is 4.79 Å². The molecule has 0 spiro atoms. The zero-order valence-corrected chi connectivity index (χ0v) is 10.9. The molecule has 0 bridgehead atoms. The summed E-state index contributed by atoms with van der Waals surface area (Å²) in [6.07, 6.45) is 1.65. The third-order valence-electron chi connectivity index (χ3n) is 3.48. The summed E-state index contributed by atoms with van der Waals surface area (Å²) in [7, 11) is 0. The van der Waals surface area contributed by atoms with Crippen LogP contribution in [-0.2, 0) is 19.4 Å². The average molecular weight is 256 g/mol. The van der Waals surface area contributed by atoms with Gasteiger partial charge in [0.25, 0.3) is 5.91 Å². The van der Waals surface area contributed by atoms with Gasteiger partial charge in [-0.25, -0.2) is 4.98 Å². The van der Waals surface area contributed by atoms with Crippen molar-refractivity contribution in [2.75, 3.05) is 6.54 Å². The molecule has 0 saturated heterocycles. The van der Waals surface area contributed by atoms with Crippen LogP contribution in [0.5, 0.6) is 0 Å². The van der Waals surface area contributed by atoms with E-state index in [0.717, 1.165) is 25.2 Å². The molecule has 1 N–H and O–H groups in total. The molecule has 0 fully saturated rings.